The molecule has 0 aromatic heterocycles. The molecule has 0 radical (unpaired) electrons. The zero-order valence-electron chi connectivity index (χ0n) is 5.47. The zero-order chi connectivity index (χ0) is 7.28. The molecule has 0 aromatic carbocycles. The minimum Gasteiger partial charge on any atom is -0.393 e. The zero-order valence-corrected chi connectivity index (χ0v) is 5.47. The largest absolute Gasteiger partial charge is 0.393 e. The number of hydrogen-bond acceptors (Lipinski definition) is 1. The van der Waals surface area contributed by atoms with Crippen molar-refractivity contribution in [2.24, 2.45) is 0 Å². The molecule has 0 heterocycles. The molecule has 0 fully saturated rings. The van der Waals surface area contributed by atoms with Crippen molar-refractivity contribution in [3.8, 4) is 0 Å². The highest BCUT2D eigenvalue weighted by Crippen LogP contribution is 2.00. The van der Waals surface area contributed by atoms with E-state index in [9.17, 15) is 4.39 Å². The number of hydrogen-bond donors (Lipinski definition) is 1. The summed E-state index contributed by atoms with van der Waals surface area (Å²) in [6.07, 6.45) is 2.29. The molecule has 1 N–H and O–H groups in total. The van der Waals surface area contributed by atoms with Crippen molar-refractivity contribution in [1.82, 2.24) is 0 Å². The molecule has 9 heavy (non-hydrogen) atoms. The van der Waals surface area contributed by atoms with Crippen LogP contribution >= 0.6 is 0 Å². The third-order valence-electron chi connectivity index (χ3n) is 0.849. The second kappa shape index (κ2) is 4.27. The molecule has 0 rings (SSSR count). The van der Waals surface area contributed by atoms with Gasteiger partial charge in [-0.3, -0.25) is 0 Å². The summed E-state index contributed by atoms with van der Waals surface area (Å²) in [5, 5.41) is 8.65. The predicted molar refractivity (Wildman–Crippen MR) is 35.7 cm³/mol. The molecule has 2 heteroatoms. The second-order valence-corrected chi connectivity index (χ2v) is 1.88. The highest BCUT2D eigenvalue weighted by molar-refractivity contribution is 5.06. The maximum absolute atomic E-state index is 12.1. The Morgan fingerprint density at radius 2 is 2.44 bits per heavy atom. The van der Waals surface area contributed by atoms with E-state index in [0.29, 0.717) is 6.42 Å². The highest BCUT2D eigenvalue weighted by Gasteiger charge is 1.91. The van der Waals surface area contributed by atoms with Crippen LogP contribution in [0.25, 0.3) is 0 Å². The summed E-state index contributed by atoms with van der Waals surface area (Å²) >= 11 is 0. The first kappa shape index (κ1) is 8.37. The third-order valence-corrected chi connectivity index (χ3v) is 0.849. The maximum atomic E-state index is 12.1. The molecule has 0 amide bonds. The van der Waals surface area contributed by atoms with E-state index in [0.717, 1.165) is 6.08 Å². The SMILES string of the molecule is C=CC(F)=CCC(C)O. The number of aliphatic hydroxyl groups excluding tert-OH is 1. The number of allylic oxidation sites excluding steroid dienone is 2. The fourth-order valence-electron chi connectivity index (χ4n) is 0.366. The Morgan fingerprint density at radius 3 is 2.78 bits per heavy atom. The molecule has 0 aliphatic rings. The molecule has 1 atom stereocenters. The lowest BCUT2D eigenvalue weighted by molar-refractivity contribution is 0.198. The van der Waals surface area contributed by atoms with Crippen LogP contribution < -0.4 is 0 Å². The van der Waals surface area contributed by atoms with Gasteiger partial charge in [-0.15, -0.1) is 0 Å². The van der Waals surface area contributed by atoms with Crippen molar-refractivity contribution in [3.63, 3.8) is 0 Å². The smallest absolute Gasteiger partial charge is 0.118 e. The van der Waals surface area contributed by atoms with Crippen molar-refractivity contribution in [3.05, 3.63) is 24.6 Å². The summed E-state index contributed by atoms with van der Waals surface area (Å²) < 4.78 is 12.1. The van der Waals surface area contributed by atoms with E-state index < -0.39 is 6.10 Å². The lowest BCUT2D eigenvalue weighted by atomic mass is 10.2. The number of aliphatic hydroxyl groups is 1. The van der Waals surface area contributed by atoms with Gasteiger partial charge in [0.05, 0.1) is 6.10 Å². The summed E-state index contributed by atoms with van der Waals surface area (Å²) in [5.74, 6) is -0.379. The average molecular weight is 130 g/mol. The van der Waals surface area contributed by atoms with Gasteiger partial charge >= 0.3 is 0 Å². The summed E-state index contributed by atoms with van der Waals surface area (Å²) in [6, 6.07) is 0. The quantitative estimate of drug-likeness (QED) is 0.577. The summed E-state index contributed by atoms with van der Waals surface area (Å²) in [7, 11) is 0. The molecular formula is C7H11FO. The van der Waals surface area contributed by atoms with Crippen molar-refractivity contribution in [2.45, 2.75) is 19.4 Å². The van der Waals surface area contributed by atoms with Crippen LogP contribution in [0.3, 0.4) is 0 Å². The number of rotatable bonds is 3. The van der Waals surface area contributed by atoms with Crippen LogP contribution in [0.2, 0.25) is 0 Å². The topological polar surface area (TPSA) is 20.2 Å². The van der Waals surface area contributed by atoms with E-state index >= 15 is 0 Å². The Kier molecular flexibility index (Phi) is 3.97. The summed E-state index contributed by atoms with van der Waals surface area (Å²) in [5.41, 5.74) is 0. The fraction of sp³-hybridized carbons (Fsp3) is 0.429. The molecule has 1 unspecified atom stereocenters. The van der Waals surface area contributed by atoms with Gasteiger partial charge in [0, 0.05) is 0 Å². The minimum absolute atomic E-state index is 0.345. The lowest BCUT2D eigenvalue weighted by Gasteiger charge is -1.95. The van der Waals surface area contributed by atoms with Crippen molar-refractivity contribution >= 4 is 0 Å². The monoisotopic (exact) mass is 130 g/mol. The Labute approximate surface area is 54.5 Å². The van der Waals surface area contributed by atoms with Gasteiger partial charge in [0.2, 0.25) is 0 Å². The Balaban J connectivity index is 3.56. The van der Waals surface area contributed by atoms with E-state index in [-0.39, 0.29) is 5.83 Å². The van der Waals surface area contributed by atoms with Gasteiger partial charge in [-0.2, -0.15) is 0 Å². The molecule has 1 nitrogen and oxygen atoms in total. The average Bonchev–Trinajstić information content (AvgIpc) is 1.83. The molecule has 0 aromatic rings. The molecule has 0 spiro atoms. The molecule has 52 valence electrons. The number of halogens is 1. The maximum Gasteiger partial charge on any atom is 0.118 e. The molecule has 0 bridgehead atoms. The first-order valence-corrected chi connectivity index (χ1v) is 2.83. The minimum atomic E-state index is -0.476. The molecule has 0 saturated heterocycles. The van der Waals surface area contributed by atoms with Crippen LogP contribution in [0, 0.1) is 0 Å². The van der Waals surface area contributed by atoms with Crippen molar-refractivity contribution < 1.29 is 9.50 Å². The van der Waals surface area contributed by atoms with Crippen molar-refractivity contribution in [2.75, 3.05) is 0 Å². The van der Waals surface area contributed by atoms with Gasteiger partial charge in [0.25, 0.3) is 0 Å². The van der Waals surface area contributed by atoms with Crippen LogP contribution in [-0.2, 0) is 0 Å². The summed E-state index contributed by atoms with van der Waals surface area (Å²) in [4.78, 5) is 0. The van der Waals surface area contributed by atoms with E-state index in [4.69, 9.17) is 5.11 Å². The van der Waals surface area contributed by atoms with Crippen LogP contribution in [0.5, 0.6) is 0 Å². The van der Waals surface area contributed by atoms with Gasteiger partial charge in [-0.05, 0) is 25.5 Å². The second-order valence-electron chi connectivity index (χ2n) is 1.88. The molecule has 0 aliphatic heterocycles. The van der Waals surface area contributed by atoms with E-state index in [1.54, 1.807) is 6.92 Å². The van der Waals surface area contributed by atoms with Crippen LogP contribution in [0.15, 0.2) is 24.6 Å². The van der Waals surface area contributed by atoms with Crippen LogP contribution in [-0.4, -0.2) is 11.2 Å². The Morgan fingerprint density at radius 1 is 1.89 bits per heavy atom. The van der Waals surface area contributed by atoms with E-state index in [1.807, 2.05) is 0 Å². The van der Waals surface area contributed by atoms with Crippen LogP contribution in [0.4, 0.5) is 4.39 Å². The lowest BCUT2D eigenvalue weighted by Crippen LogP contribution is -1.95. The summed E-state index contributed by atoms with van der Waals surface area (Å²) in [6.45, 7) is 4.82. The van der Waals surface area contributed by atoms with Crippen molar-refractivity contribution in [1.29, 1.82) is 0 Å². The highest BCUT2D eigenvalue weighted by atomic mass is 19.1. The van der Waals surface area contributed by atoms with E-state index in [1.165, 1.54) is 6.08 Å². The van der Waals surface area contributed by atoms with E-state index in [2.05, 4.69) is 6.58 Å². The molecule has 0 aliphatic carbocycles. The Bertz CT molecular complexity index is 116. The molecular weight excluding hydrogens is 119 g/mol. The predicted octanol–water partition coefficient (Wildman–Crippen LogP) is 1.80. The van der Waals surface area contributed by atoms with Crippen LogP contribution in [0.1, 0.15) is 13.3 Å². The standard InChI is InChI=1S/C7H11FO/c1-3-7(8)5-4-6(2)9/h3,5-6,9H,1,4H2,2H3. The molecule has 0 saturated carbocycles. The Hall–Kier alpha value is -0.630. The van der Waals surface area contributed by atoms with Gasteiger partial charge in [-0.1, -0.05) is 6.58 Å². The first-order valence-electron chi connectivity index (χ1n) is 2.83. The fourth-order valence-corrected chi connectivity index (χ4v) is 0.366. The van der Waals surface area contributed by atoms with Gasteiger partial charge in [0.1, 0.15) is 5.83 Å². The van der Waals surface area contributed by atoms with Gasteiger partial charge < -0.3 is 5.11 Å². The normalized spacial score (nSPS) is 15.2. The van der Waals surface area contributed by atoms with Gasteiger partial charge in [-0.25, -0.2) is 4.39 Å². The van der Waals surface area contributed by atoms with Gasteiger partial charge in [0.15, 0.2) is 0 Å². The third kappa shape index (κ3) is 5.24. The first-order chi connectivity index (χ1) is 4.16.